The maximum absolute atomic E-state index is 15.2. The molecule has 0 radical (unpaired) electrons. The van der Waals surface area contributed by atoms with Crippen molar-refractivity contribution in [1.29, 1.82) is 5.26 Å². The van der Waals surface area contributed by atoms with Gasteiger partial charge in [0.2, 0.25) is 0 Å². The van der Waals surface area contributed by atoms with Gasteiger partial charge in [-0.15, -0.1) is 0 Å². The molecular weight excluding hydrogens is 872 g/mol. The number of halogens is 3. The van der Waals surface area contributed by atoms with E-state index < -0.39 is 11.7 Å². The summed E-state index contributed by atoms with van der Waals surface area (Å²) in [6.45, 7) is 0. The first-order valence-corrected chi connectivity index (χ1v) is 23.2. The van der Waals surface area contributed by atoms with Crippen LogP contribution in [0.25, 0.3) is 121 Å². The molecule has 0 saturated heterocycles. The topological polar surface area (TPSA) is 43.5 Å². The molecule has 70 heavy (non-hydrogen) atoms. The molecule has 0 spiro atoms. The number of hydrogen-bond acceptors (Lipinski definition) is 1. The van der Waals surface area contributed by atoms with Gasteiger partial charge in [0.1, 0.15) is 11.6 Å². The van der Waals surface area contributed by atoms with Crippen molar-refractivity contribution in [2.45, 2.75) is 6.18 Å². The highest BCUT2D eigenvalue weighted by Crippen LogP contribution is 2.46. The van der Waals surface area contributed by atoms with E-state index in [0.717, 1.165) is 105 Å². The van der Waals surface area contributed by atoms with Crippen molar-refractivity contribution < 1.29 is 13.2 Å². The molecule has 4 aromatic heterocycles. The van der Waals surface area contributed by atoms with Crippen LogP contribution in [0.3, 0.4) is 0 Å². The molecule has 0 aliphatic carbocycles. The summed E-state index contributed by atoms with van der Waals surface area (Å²) in [7, 11) is 0. The summed E-state index contributed by atoms with van der Waals surface area (Å²) in [5.41, 5.74) is 10.1. The Hall–Kier alpha value is -9.32. The molecule has 0 bridgehead atoms. The second-order valence-electron chi connectivity index (χ2n) is 17.9. The first-order valence-electron chi connectivity index (χ1n) is 23.2. The van der Waals surface area contributed by atoms with Crippen LogP contribution in [0.5, 0.6) is 0 Å². The van der Waals surface area contributed by atoms with Gasteiger partial charge in [-0.2, -0.15) is 18.4 Å². The fourth-order valence-corrected chi connectivity index (χ4v) is 11.4. The summed E-state index contributed by atoms with van der Waals surface area (Å²) in [4.78, 5) is 0. The monoisotopic (exact) mass is 907 g/mol. The van der Waals surface area contributed by atoms with Crippen LogP contribution in [-0.2, 0) is 6.18 Å². The Labute approximate surface area is 397 Å². The molecule has 0 atom stereocenters. The van der Waals surface area contributed by atoms with Crippen LogP contribution >= 0.6 is 0 Å². The molecule has 14 aromatic rings. The maximum Gasteiger partial charge on any atom is 0.417 e. The Balaban J connectivity index is 1.07. The average molecular weight is 908 g/mol. The zero-order valence-corrected chi connectivity index (χ0v) is 37.2. The van der Waals surface area contributed by atoms with Crippen molar-refractivity contribution >= 4 is 87.2 Å². The number of para-hydroxylation sites is 6. The number of hydrogen-bond donors (Lipinski definition) is 0. The van der Waals surface area contributed by atoms with E-state index in [2.05, 4.69) is 141 Å². The van der Waals surface area contributed by atoms with Gasteiger partial charge in [0, 0.05) is 60.0 Å². The van der Waals surface area contributed by atoms with E-state index in [-0.39, 0.29) is 16.7 Å². The molecule has 0 aliphatic heterocycles. The highest BCUT2D eigenvalue weighted by Gasteiger charge is 2.35. The smallest absolute Gasteiger partial charge is 0.309 e. The standard InChI is InChI=1S/C62H36F3N5/c63-62(64,65)51-22-8-1-15-40(51)47-31-34-60(69-56-27-13-6-20-45(56)48-35-38(29-32-58(48)69)67-52-23-9-2-16-41(52)42-17-3-10-24-53(42)67)50(37-66)61(47)70-57-28-14-7-21-46(57)49-36-39(30-33-59(49)70)68-54-25-11-4-18-43(54)44-19-5-12-26-55(44)68/h1-36H. The molecule has 4 heterocycles. The van der Waals surface area contributed by atoms with E-state index >= 15 is 13.2 Å². The van der Waals surface area contributed by atoms with E-state index in [9.17, 15) is 5.26 Å². The van der Waals surface area contributed by atoms with Crippen LogP contribution in [0, 0.1) is 11.3 Å². The third-order valence-corrected chi connectivity index (χ3v) is 14.2. The Morgan fingerprint density at radius 1 is 0.329 bits per heavy atom. The van der Waals surface area contributed by atoms with E-state index in [4.69, 9.17) is 0 Å². The molecule has 8 heteroatoms. The SMILES string of the molecule is N#Cc1c(-n2c3ccccc3c3cc(-n4c5ccccc5c5ccccc54)ccc32)ccc(-c2ccccc2C(F)(F)F)c1-n1c2ccccc2c2cc(-n3c4ccccc4c4ccccc43)ccc21. The fourth-order valence-electron chi connectivity index (χ4n) is 11.4. The number of aromatic nitrogens is 4. The van der Waals surface area contributed by atoms with Crippen LogP contribution in [0.4, 0.5) is 13.2 Å². The summed E-state index contributed by atoms with van der Waals surface area (Å²) < 4.78 is 54.2. The minimum absolute atomic E-state index is 0.0149. The third-order valence-electron chi connectivity index (χ3n) is 14.2. The first-order chi connectivity index (χ1) is 34.4. The first kappa shape index (κ1) is 39.8. The molecule has 14 rings (SSSR count). The zero-order chi connectivity index (χ0) is 46.8. The normalized spacial score (nSPS) is 12.2. The lowest BCUT2D eigenvalue weighted by Crippen LogP contribution is -2.10. The highest BCUT2D eigenvalue weighted by atomic mass is 19.4. The van der Waals surface area contributed by atoms with Gasteiger partial charge in [0.15, 0.2) is 0 Å². The van der Waals surface area contributed by atoms with Crippen molar-refractivity contribution in [2.24, 2.45) is 0 Å². The van der Waals surface area contributed by atoms with Crippen molar-refractivity contribution in [3.05, 3.63) is 230 Å². The van der Waals surface area contributed by atoms with Gasteiger partial charge in [0.25, 0.3) is 0 Å². The second kappa shape index (κ2) is 14.8. The second-order valence-corrected chi connectivity index (χ2v) is 17.9. The molecular formula is C62H36F3N5. The number of fused-ring (bicyclic) bond motifs is 12. The Kier molecular flexibility index (Phi) is 8.44. The van der Waals surface area contributed by atoms with Crippen LogP contribution in [-0.4, -0.2) is 18.3 Å². The van der Waals surface area contributed by atoms with Crippen LogP contribution < -0.4 is 0 Å². The largest absolute Gasteiger partial charge is 0.417 e. The number of alkyl halides is 3. The Morgan fingerprint density at radius 3 is 1.13 bits per heavy atom. The Morgan fingerprint density at radius 2 is 0.686 bits per heavy atom. The van der Waals surface area contributed by atoms with Crippen LogP contribution in [0.2, 0.25) is 0 Å². The molecule has 0 unspecified atom stereocenters. The molecule has 5 nitrogen and oxygen atoms in total. The summed E-state index contributed by atoms with van der Waals surface area (Å²) >= 11 is 0. The van der Waals surface area contributed by atoms with E-state index in [1.165, 1.54) is 12.1 Å². The van der Waals surface area contributed by atoms with Gasteiger partial charge < -0.3 is 18.3 Å². The quantitative estimate of drug-likeness (QED) is 0.170. The fraction of sp³-hybridized carbons (Fsp3) is 0.0161. The summed E-state index contributed by atoms with van der Waals surface area (Å²) in [6, 6.07) is 74.1. The van der Waals surface area contributed by atoms with Gasteiger partial charge in [-0.1, -0.05) is 133 Å². The lowest BCUT2D eigenvalue weighted by Gasteiger charge is -2.22. The maximum atomic E-state index is 15.2. The van der Waals surface area contributed by atoms with Crippen LogP contribution in [0.15, 0.2) is 218 Å². The minimum Gasteiger partial charge on any atom is -0.309 e. The number of rotatable bonds is 5. The zero-order valence-electron chi connectivity index (χ0n) is 37.2. The van der Waals surface area contributed by atoms with Gasteiger partial charge in [-0.3, -0.25) is 0 Å². The molecule has 0 N–H and O–H groups in total. The minimum atomic E-state index is -4.67. The van der Waals surface area contributed by atoms with E-state index in [1.807, 2.05) is 71.3 Å². The summed E-state index contributed by atoms with van der Waals surface area (Å²) in [5.74, 6) is 0. The number of nitriles is 1. The number of benzene rings is 10. The van der Waals surface area contributed by atoms with Gasteiger partial charge in [-0.25, -0.2) is 0 Å². The molecule has 0 saturated carbocycles. The molecule has 10 aromatic carbocycles. The van der Waals surface area contributed by atoms with Gasteiger partial charge >= 0.3 is 6.18 Å². The Bertz CT molecular complexity index is 4450. The molecule has 0 fully saturated rings. The third kappa shape index (κ3) is 5.60. The van der Waals surface area contributed by atoms with Crippen LogP contribution in [0.1, 0.15) is 11.1 Å². The molecule has 0 aliphatic rings. The summed E-state index contributed by atoms with van der Waals surface area (Å²) in [5, 5.41) is 20.1. The van der Waals surface area contributed by atoms with E-state index in [0.29, 0.717) is 11.4 Å². The average Bonchev–Trinajstić information content (AvgIpc) is 4.13. The van der Waals surface area contributed by atoms with Gasteiger partial charge in [0.05, 0.1) is 61.1 Å². The predicted octanol–water partition coefficient (Wildman–Crippen LogP) is 16.6. The predicted molar refractivity (Wildman–Crippen MR) is 279 cm³/mol. The van der Waals surface area contributed by atoms with Gasteiger partial charge in [-0.05, 0) is 90.5 Å². The highest BCUT2D eigenvalue weighted by molar-refractivity contribution is 6.15. The molecule has 330 valence electrons. The van der Waals surface area contributed by atoms with Crippen molar-refractivity contribution in [3.8, 4) is 39.9 Å². The van der Waals surface area contributed by atoms with E-state index in [1.54, 1.807) is 12.1 Å². The summed E-state index contributed by atoms with van der Waals surface area (Å²) in [6.07, 6.45) is -4.67. The van der Waals surface area contributed by atoms with Crippen molar-refractivity contribution in [2.75, 3.05) is 0 Å². The van der Waals surface area contributed by atoms with Crippen molar-refractivity contribution in [3.63, 3.8) is 0 Å². The molecule has 0 amide bonds. The lowest BCUT2D eigenvalue weighted by molar-refractivity contribution is -0.137. The van der Waals surface area contributed by atoms with Crippen molar-refractivity contribution in [1.82, 2.24) is 18.3 Å². The lowest BCUT2D eigenvalue weighted by atomic mass is 9.94. The number of nitrogens with zero attached hydrogens (tertiary/aromatic N) is 5.